The monoisotopic (exact) mass is 297 g/mol. The third kappa shape index (κ3) is 3.57. The van der Waals surface area contributed by atoms with Gasteiger partial charge in [-0.25, -0.2) is 4.98 Å². The number of aliphatic hydroxyl groups is 1. The summed E-state index contributed by atoms with van der Waals surface area (Å²) in [4.78, 5) is 6.89. The highest BCUT2D eigenvalue weighted by atomic mass is 16.3. The Labute approximate surface area is 131 Å². The summed E-state index contributed by atoms with van der Waals surface area (Å²) in [6, 6.07) is 14.4. The van der Waals surface area contributed by atoms with Crippen molar-refractivity contribution < 1.29 is 5.11 Å². The minimum atomic E-state index is 0.301. The maximum absolute atomic E-state index is 9.27. The molecular weight excluding hydrogens is 274 g/mol. The average molecular weight is 297 g/mol. The zero-order valence-corrected chi connectivity index (χ0v) is 12.8. The Hall–Kier alpha value is -2.07. The predicted molar refractivity (Wildman–Crippen MR) is 90.0 cm³/mol. The molecule has 2 N–H and O–H groups in total. The van der Waals surface area contributed by atoms with Crippen molar-refractivity contribution in [3.05, 3.63) is 54.2 Å². The van der Waals surface area contributed by atoms with Crippen LogP contribution in [-0.4, -0.2) is 29.8 Å². The van der Waals surface area contributed by atoms with Crippen LogP contribution in [0.4, 0.5) is 11.5 Å². The van der Waals surface area contributed by atoms with Crippen molar-refractivity contribution in [2.24, 2.45) is 5.92 Å². The number of benzene rings is 1. The smallest absolute Gasteiger partial charge is 0.151 e. The molecule has 1 aliphatic rings. The number of hydrogen-bond donors (Lipinski definition) is 2. The minimum Gasteiger partial charge on any atom is -0.396 e. The number of anilines is 2. The van der Waals surface area contributed by atoms with Crippen LogP contribution in [0.25, 0.3) is 0 Å². The first-order valence-electron chi connectivity index (χ1n) is 7.95. The summed E-state index contributed by atoms with van der Waals surface area (Å²) in [5, 5.41) is 12.8. The summed E-state index contributed by atoms with van der Waals surface area (Å²) < 4.78 is 0. The standard InChI is InChI=1S/C18H23N3O/c22-14-16-8-11-21(12-9-16)18-17(7-4-10-19-18)20-13-15-5-2-1-3-6-15/h1-7,10,16,20,22H,8-9,11-14H2. The number of piperidine rings is 1. The van der Waals surface area contributed by atoms with Crippen molar-refractivity contribution in [3.63, 3.8) is 0 Å². The van der Waals surface area contributed by atoms with Crippen molar-refractivity contribution in [1.29, 1.82) is 0 Å². The Kier molecular flexibility index (Phi) is 4.91. The molecule has 2 aromatic rings. The van der Waals surface area contributed by atoms with Gasteiger partial charge in [0, 0.05) is 32.4 Å². The van der Waals surface area contributed by atoms with Crippen LogP contribution in [0.1, 0.15) is 18.4 Å². The van der Waals surface area contributed by atoms with E-state index in [9.17, 15) is 5.11 Å². The number of hydrogen-bond acceptors (Lipinski definition) is 4. The van der Waals surface area contributed by atoms with E-state index in [1.807, 2.05) is 18.3 Å². The SMILES string of the molecule is OCC1CCN(c2ncccc2NCc2ccccc2)CC1. The van der Waals surface area contributed by atoms with Gasteiger partial charge in [-0.3, -0.25) is 0 Å². The lowest BCUT2D eigenvalue weighted by molar-refractivity contribution is 0.203. The topological polar surface area (TPSA) is 48.4 Å². The summed E-state index contributed by atoms with van der Waals surface area (Å²) >= 11 is 0. The first-order chi connectivity index (χ1) is 10.9. The molecule has 0 spiro atoms. The molecule has 0 aliphatic carbocycles. The fourth-order valence-corrected chi connectivity index (χ4v) is 2.91. The van der Waals surface area contributed by atoms with E-state index in [-0.39, 0.29) is 0 Å². The molecule has 1 aromatic carbocycles. The molecule has 0 saturated carbocycles. The van der Waals surface area contributed by atoms with E-state index in [1.165, 1.54) is 5.56 Å². The zero-order chi connectivity index (χ0) is 15.2. The van der Waals surface area contributed by atoms with Crippen LogP contribution >= 0.6 is 0 Å². The summed E-state index contributed by atoms with van der Waals surface area (Å²) in [5.41, 5.74) is 2.34. The van der Waals surface area contributed by atoms with Gasteiger partial charge in [0.15, 0.2) is 5.82 Å². The van der Waals surface area contributed by atoms with Gasteiger partial charge >= 0.3 is 0 Å². The molecule has 0 radical (unpaired) electrons. The molecule has 1 aliphatic heterocycles. The van der Waals surface area contributed by atoms with Crippen molar-refractivity contribution in [1.82, 2.24) is 4.98 Å². The van der Waals surface area contributed by atoms with Crippen LogP contribution in [-0.2, 0) is 6.54 Å². The highest BCUT2D eigenvalue weighted by molar-refractivity contribution is 5.65. The van der Waals surface area contributed by atoms with Gasteiger partial charge in [0.25, 0.3) is 0 Å². The summed E-state index contributed by atoms with van der Waals surface area (Å²) in [6.45, 7) is 3.02. The Morgan fingerprint density at radius 2 is 1.86 bits per heavy atom. The molecule has 1 aromatic heterocycles. The molecule has 0 bridgehead atoms. The molecule has 4 nitrogen and oxygen atoms in total. The van der Waals surface area contributed by atoms with E-state index >= 15 is 0 Å². The molecule has 1 fully saturated rings. The van der Waals surface area contributed by atoms with Crippen LogP contribution in [0.5, 0.6) is 0 Å². The number of aromatic nitrogens is 1. The third-order valence-electron chi connectivity index (χ3n) is 4.28. The van der Waals surface area contributed by atoms with Crippen LogP contribution in [0.3, 0.4) is 0 Å². The fraction of sp³-hybridized carbons (Fsp3) is 0.389. The lowest BCUT2D eigenvalue weighted by Gasteiger charge is -2.33. The number of pyridine rings is 1. The maximum Gasteiger partial charge on any atom is 0.151 e. The van der Waals surface area contributed by atoms with Gasteiger partial charge in [0.05, 0.1) is 5.69 Å². The van der Waals surface area contributed by atoms with Crippen molar-refractivity contribution in [3.8, 4) is 0 Å². The zero-order valence-electron chi connectivity index (χ0n) is 12.8. The lowest BCUT2D eigenvalue weighted by atomic mass is 9.98. The summed E-state index contributed by atoms with van der Waals surface area (Å²) in [6.07, 6.45) is 3.91. The molecule has 0 amide bonds. The lowest BCUT2D eigenvalue weighted by Crippen LogP contribution is -2.35. The highest BCUT2D eigenvalue weighted by Crippen LogP contribution is 2.27. The normalized spacial score (nSPS) is 15.8. The Morgan fingerprint density at radius 1 is 1.09 bits per heavy atom. The molecule has 4 heteroatoms. The van der Waals surface area contributed by atoms with Crippen LogP contribution in [0.15, 0.2) is 48.7 Å². The van der Waals surface area contributed by atoms with E-state index in [0.717, 1.165) is 44.0 Å². The second-order valence-corrected chi connectivity index (χ2v) is 5.83. The van der Waals surface area contributed by atoms with Crippen molar-refractivity contribution in [2.45, 2.75) is 19.4 Å². The highest BCUT2D eigenvalue weighted by Gasteiger charge is 2.21. The van der Waals surface area contributed by atoms with E-state index in [2.05, 4.69) is 45.5 Å². The van der Waals surface area contributed by atoms with Gasteiger partial charge in [-0.2, -0.15) is 0 Å². The molecule has 3 rings (SSSR count). The Bertz CT molecular complexity index is 580. The molecule has 22 heavy (non-hydrogen) atoms. The van der Waals surface area contributed by atoms with E-state index in [0.29, 0.717) is 12.5 Å². The maximum atomic E-state index is 9.27. The first-order valence-corrected chi connectivity index (χ1v) is 7.95. The second-order valence-electron chi connectivity index (χ2n) is 5.83. The van der Waals surface area contributed by atoms with Crippen molar-refractivity contribution >= 4 is 11.5 Å². The Balaban J connectivity index is 1.68. The third-order valence-corrected chi connectivity index (χ3v) is 4.28. The number of nitrogens with zero attached hydrogens (tertiary/aromatic N) is 2. The fourth-order valence-electron chi connectivity index (χ4n) is 2.91. The molecule has 2 heterocycles. The van der Waals surface area contributed by atoms with Crippen LogP contribution in [0, 0.1) is 5.92 Å². The number of rotatable bonds is 5. The number of aliphatic hydroxyl groups excluding tert-OH is 1. The number of nitrogens with one attached hydrogen (secondary N) is 1. The molecule has 0 unspecified atom stereocenters. The molecule has 116 valence electrons. The van der Waals surface area contributed by atoms with Gasteiger partial charge in [-0.15, -0.1) is 0 Å². The van der Waals surface area contributed by atoms with Gasteiger partial charge in [-0.1, -0.05) is 30.3 Å². The quantitative estimate of drug-likeness (QED) is 0.891. The molecule has 1 saturated heterocycles. The predicted octanol–water partition coefficient (Wildman–Crippen LogP) is 2.90. The van der Waals surface area contributed by atoms with Gasteiger partial charge in [0.1, 0.15) is 0 Å². The average Bonchev–Trinajstić information content (AvgIpc) is 2.61. The second kappa shape index (κ2) is 7.27. The van der Waals surface area contributed by atoms with Gasteiger partial charge in [-0.05, 0) is 36.5 Å². The van der Waals surface area contributed by atoms with Crippen LogP contribution < -0.4 is 10.2 Å². The van der Waals surface area contributed by atoms with E-state index in [1.54, 1.807) is 0 Å². The molecular formula is C18H23N3O. The molecule has 0 atom stereocenters. The van der Waals surface area contributed by atoms with Gasteiger partial charge in [0.2, 0.25) is 0 Å². The van der Waals surface area contributed by atoms with Gasteiger partial charge < -0.3 is 15.3 Å². The largest absolute Gasteiger partial charge is 0.396 e. The van der Waals surface area contributed by atoms with Crippen LogP contribution in [0.2, 0.25) is 0 Å². The summed E-state index contributed by atoms with van der Waals surface area (Å²) in [7, 11) is 0. The van der Waals surface area contributed by atoms with Crippen molar-refractivity contribution in [2.75, 3.05) is 29.9 Å². The first kappa shape index (κ1) is 14.9. The summed E-state index contributed by atoms with van der Waals surface area (Å²) in [5.74, 6) is 1.47. The van der Waals surface area contributed by atoms with E-state index in [4.69, 9.17) is 0 Å². The van der Waals surface area contributed by atoms with E-state index < -0.39 is 0 Å². The minimum absolute atomic E-state index is 0.301. The Morgan fingerprint density at radius 3 is 2.59 bits per heavy atom.